The molecule has 2 heterocycles. The molecule has 9 nitrogen and oxygen atoms in total. The van der Waals surface area contributed by atoms with E-state index in [1.54, 1.807) is 18.2 Å². The maximum absolute atomic E-state index is 12.7. The van der Waals surface area contributed by atoms with Gasteiger partial charge >= 0.3 is 0 Å². The fourth-order valence-electron chi connectivity index (χ4n) is 2.60. The fraction of sp³-hybridized carbons (Fsp3) is 0.412. The number of rotatable bonds is 6. The Morgan fingerprint density at radius 1 is 1.29 bits per heavy atom. The molecule has 1 fully saturated rings. The number of carbonyl (C=O) groups excluding carboxylic acids is 1. The maximum Gasteiger partial charge on any atom is 0.256 e. The Hall–Kier alpha value is -2.14. The first-order valence-corrected chi connectivity index (χ1v) is 10.0. The zero-order valence-electron chi connectivity index (χ0n) is 15.5. The zero-order valence-corrected chi connectivity index (χ0v) is 17.2. The number of hydrogen-bond acceptors (Lipinski definition) is 6. The van der Waals surface area contributed by atoms with E-state index >= 15 is 0 Å². The predicted octanol–water partition coefficient (Wildman–Crippen LogP) is 1.89. The van der Waals surface area contributed by atoms with Gasteiger partial charge in [0.1, 0.15) is 5.82 Å². The van der Waals surface area contributed by atoms with Gasteiger partial charge in [-0.05, 0) is 32.0 Å². The topological polar surface area (TPSA) is 114 Å². The molecule has 154 valence electrons. The number of H-pyrrole nitrogens is 1. The largest absolute Gasteiger partial charge is 0.474 e. The Bertz CT molecular complexity index is 910. The van der Waals surface area contributed by atoms with Crippen LogP contribution < -0.4 is 10.1 Å². The fourth-order valence-corrected chi connectivity index (χ4v) is 4.05. The number of anilines is 1. The first kappa shape index (κ1) is 22.2. The molecule has 1 aromatic heterocycles. The van der Waals surface area contributed by atoms with Crippen LogP contribution >= 0.6 is 12.4 Å². The van der Waals surface area contributed by atoms with Crippen molar-refractivity contribution in [3.05, 3.63) is 35.9 Å². The quantitative estimate of drug-likeness (QED) is 0.723. The van der Waals surface area contributed by atoms with E-state index < -0.39 is 15.9 Å². The van der Waals surface area contributed by atoms with Gasteiger partial charge in [-0.15, -0.1) is 17.5 Å². The third-order valence-corrected chi connectivity index (χ3v) is 5.76. The van der Waals surface area contributed by atoms with Gasteiger partial charge in [0.15, 0.2) is 0 Å². The molecule has 1 amide bonds. The SMILES string of the molecule is CC(C)Oc1cc(NC(=O)c2cccc(S(=O)(=O)N3CCOCC3)c2)[nH]n1.Cl. The highest BCUT2D eigenvalue weighted by molar-refractivity contribution is 7.89. The van der Waals surface area contributed by atoms with E-state index in [2.05, 4.69) is 15.5 Å². The van der Waals surface area contributed by atoms with E-state index in [4.69, 9.17) is 9.47 Å². The van der Waals surface area contributed by atoms with Crippen LogP contribution in [0.15, 0.2) is 35.2 Å². The summed E-state index contributed by atoms with van der Waals surface area (Å²) in [5.41, 5.74) is 0.227. The molecule has 0 unspecified atom stereocenters. The molecule has 1 aromatic carbocycles. The molecule has 0 bridgehead atoms. The Kier molecular flexibility index (Phi) is 7.41. The Morgan fingerprint density at radius 3 is 2.68 bits per heavy atom. The van der Waals surface area contributed by atoms with Gasteiger partial charge in [-0.2, -0.15) is 4.31 Å². The van der Waals surface area contributed by atoms with Crippen LogP contribution in [0.3, 0.4) is 0 Å². The molecule has 0 radical (unpaired) electrons. The minimum absolute atomic E-state index is 0. The molecule has 2 aromatic rings. The smallest absolute Gasteiger partial charge is 0.256 e. The van der Waals surface area contributed by atoms with Crippen molar-refractivity contribution in [1.82, 2.24) is 14.5 Å². The number of ether oxygens (including phenoxy) is 2. The number of sulfonamides is 1. The van der Waals surface area contributed by atoms with Crippen molar-refractivity contribution in [2.75, 3.05) is 31.6 Å². The average Bonchev–Trinajstić information content (AvgIpc) is 3.08. The van der Waals surface area contributed by atoms with Crippen LogP contribution in [0.5, 0.6) is 5.88 Å². The molecule has 1 saturated heterocycles. The standard InChI is InChI=1S/C17H22N4O5S.ClH/c1-12(2)26-16-11-15(19-20-16)18-17(22)13-4-3-5-14(10-13)27(23,24)21-6-8-25-9-7-21;/h3-5,10-12H,6-9H2,1-2H3,(H2,18,19,20,22);1H. The summed E-state index contributed by atoms with van der Waals surface area (Å²) in [5, 5.41) is 9.25. The van der Waals surface area contributed by atoms with Gasteiger partial charge in [0.05, 0.1) is 24.2 Å². The second kappa shape index (κ2) is 9.37. The van der Waals surface area contributed by atoms with Crippen LogP contribution in [-0.2, 0) is 14.8 Å². The second-order valence-electron chi connectivity index (χ2n) is 6.28. The molecule has 28 heavy (non-hydrogen) atoms. The van der Waals surface area contributed by atoms with Crippen molar-refractivity contribution in [2.24, 2.45) is 0 Å². The summed E-state index contributed by atoms with van der Waals surface area (Å²) < 4.78 is 37.4. The van der Waals surface area contributed by atoms with E-state index in [0.29, 0.717) is 38.0 Å². The molecule has 1 aliphatic heterocycles. The highest BCUT2D eigenvalue weighted by Gasteiger charge is 2.27. The van der Waals surface area contributed by atoms with Gasteiger partial charge in [-0.3, -0.25) is 9.89 Å². The number of hydrogen-bond donors (Lipinski definition) is 2. The lowest BCUT2D eigenvalue weighted by Crippen LogP contribution is -2.40. The highest BCUT2D eigenvalue weighted by Crippen LogP contribution is 2.20. The number of aromatic amines is 1. The summed E-state index contributed by atoms with van der Waals surface area (Å²) in [4.78, 5) is 12.5. The van der Waals surface area contributed by atoms with Crippen molar-refractivity contribution in [2.45, 2.75) is 24.8 Å². The number of morpholine rings is 1. The van der Waals surface area contributed by atoms with Crippen molar-refractivity contribution < 1.29 is 22.7 Å². The predicted molar refractivity (Wildman–Crippen MR) is 106 cm³/mol. The summed E-state index contributed by atoms with van der Waals surface area (Å²) in [7, 11) is -3.67. The first-order chi connectivity index (χ1) is 12.9. The van der Waals surface area contributed by atoms with Gasteiger partial charge in [0.2, 0.25) is 15.9 Å². The molecule has 0 atom stereocenters. The number of nitrogens with one attached hydrogen (secondary N) is 2. The molecule has 2 N–H and O–H groups in total. The van der Waals surface area contributed by atoms with Gasteiger partial charge in [-0.25, -0.2) is 8.42 Å². The van der Waals surface area contributed by atoms with Crippen LogP contribution in [-0.4, -0.2) is 61.2 Å². The van der Waals surface area contributed by atoms with Crippen LogP contribution in [0, 0.1) is 0 Å². The Morgan fingerprint density at radius 2 is 2.00 bits per heavy atom. The van der Waals surface area contributed by atoms with Crippen LogP contribution in [0.2, 0.25) is 0 Å². The monoisotopic (exact) mass is 430 g/mol. The molecule has 11 heteroatoms. The van der Waals surface area contributed by atoms with Gasteiger partial charge in [0.25, 0.3) is 5.91 Å². The van der Waals surface area contributed by atoms with Crippen LogP contribution in [0.25, 0.3) is 0 Å². The summed E-state index contributed by atoms with van der Waals surface area (Å²) in [6.45, 7) is 5.05. The lowest BCUT2D eigenvalue weighted by Gasteiger charge is -2.26. The molecular weight excluding hydrogens is 408 g/mol. The van der Waals surface area contributed by atoms with E-state index in [1.165, 1.54) is 16.4 Å². The molecular formula is C17H23ClN4O5S. The lowest BCUT2D eigenvalue weighted by atomic mass is 10.2. The zero-order chi connectivity index (χ0) is 19.4. The van der Waals surface area contributed by atoms with E-state index in [1.807, 2.05) is 13.8 Å². The molecule has 1 aliphatic rings. The normalized spacial score (nSPS) is 15.1. The number of amides is 1. The van der Waals surface area contributed by atoms with E-state index in [9.17, 15) is 13.2 Å². The van der Waals surface area contributed by atoms with Crippen molar-refractivity contribution in [3.63, 3.8) is 0 Å². The van der Waals surface area contributed by atoms with Crippen molar-refractivity contribution in [3.8, 4) is 5.88 Å². The second-order valence-corrected chi connectivity index (χ2v) is 8.22. The Labute approximate surface area is 169 Å². The number of benzene rings is 1. The van der Waals surface area contributed by atoms with Gasteiger partial charge in [0, 0.05) is 24.7 Å². The number of nitrogens with zero attached hydrogens (tertiary/aromatic N) is 2. The molecule has 0 saturated carbocycles. The minimum Gasteiger partial charge on any atom is -0.474 e. The van der Waals surface area contributed by atoms with Crippen molar-refractivity contribution >= 4 is 34.2 Å². The van der Waals surface area contributed by atoms with Crippen molar-refractivity contribution in [1.29, 1.82) is 0 Å². The van der Waals surface area contributed by atoms with Crippen LogP contribution in [0.4, 0.5) is 5.82 Å². The number of aromatic nitrogens is 2. The van der Waals surface area contributed by atoms with E-state index in [0.717, 1.165) is 0 Å². The highest BCUT2D eigenvalue weighted by atomic mass is 35.5. The number of carbonyl (C=O) groups is 1. The third-order valence-electron chi connectivity index (χ3n) is 3.86. The van der Waals surface area contributed by atoms with Crippen LogP contribution in [0.1, 0.15) is 24.2 Å². The van der Waals surface area contributed by atoms with Gasteiger partial charge in [-0.1, -0.05) is 6.07 Å². The lowest BCUT2D eigenvalue weighted by molar-refractivity contribution is 0.0730. The minimum atomic E-state index is -3.67. The summed E-state index contributed by atoms with van der Waals surface area (Å²) in [6.07, 6.45) is -0.0427. The summed E-state index contributed by atoms with van der Waals surface area (Å²) in [6, 6.07) is 7.50. The third kappa shape index (κ3) is 5.22. The summed E-state index contributed by atoms with van der Waals surface area (Å²) >= 11 is 0. The first-order valence-electron chi connectivity index (χ1n) is 8.57. The molecule has 0 aliphatic carbocycles. The summed E-state index contributed by atoms with van der Waals surface area (Å²) in [5.74, 6) is 0.273. The average molecular weight is 431 g/mol. The molecule has 3 rings (SSSR count). The number of halogens is 1. The van der Waals surface area contributed by atoms with Gasteiger partial charge < -0.3 is 14.8 Å². The Balaban J connectivity index is 0.00000280. The maximum atomic E-state index is 12.7. The van der Waals surface area contributed by atoms with E-state index in [-0.39, 0.29) is 29.0 Å². The molecule has 0 spiro atoms.